The highest BCUT2D eigenvalue weighted by molar-refractivity contribution is 5.92. The molecule has 0 saturated heterocycles. The van der Waals surface area contributed by atoms with Crippen LogP contribution in [0.25, 0.3) is 6.08 Å². The molecule has 1 rings (SSSR count). The topological polar surface area (TPSA) is 37.3 Å². The van der Waals surface area contributed by atoms with E-state index in [1.54, 1.807) is 6.08 Å². The second kappa shape index (κ2) is 4.97. The van der Waals surface area contributed by atoms with Crippen molar-refractivity contribution in [2.45, 2.75) is 27.7 Å². The maximum atomic E-state index is 11.0. The Labute approximate surface area is 96.6 Å². The molecule has 0 fully saturated rings. The fourth-order valence-corrected chi connectivity index (χ4v) is 1.51. The summed E-state index contributed by atoms with van der Waals surface area (Å²) in [6, 6.07) is 5.98. The molecule has 0 aliphatic heterocycles. The lowest BCUT2D eigenvalue weighted by molar-refractivity contribution is -0.133. The Morgan fingerprint density at radius 2 is 1.88 bits per heavy atom. The van der Waals surface area contributed by atoms with Gasteiger partial charge in [-0.1, -0.05) is 32.0 Å². The fraction of sp³-hybridized carbons (Fsp3) is 0.357. The molecule has 0 aromatic heterocycles. The zero-order chi connectivity index (χ0) is 12.3. The first-order chi connectivity index (χ1) is 7.41. The van der Waals surface area contributed by atoms with Crippen LogP contribution >= 0.6 is 0 Å². The number of aliphatic carboxylic acids is 1. The zero-order valence-corrected chi connectivity index (χ0v) is 10.2. The summed E-state index contributed by atoms with van der Waals surface area (Å²) in [6.45, 7) is 7.86. The van der Waals surface area contributed by atoms with Crippen molar-refractivity contribution < 1.29 is 9.90 Å². The minimum absolute atomic E-state index is 0.0270. The average molecular weight is 218 g/mol. The molecule has 1 N–H and O–H groups in total. The van der Waals surface area contributed by atoms with E-state index < -0.39 is 5.97 Å². The maximum absolute atomic E-state index is 11.0. The lowest BCUT2D eigenvalue weighted by Crippen LogP contribution is -2.06. The zero-order valence-electron chi connectivity index (χ0n) is 10.2. The Hall–Kier alpha value is -1.57. The van der Waals surface area contributed by atoms with E-state index in [0.29, 0.717) is 5.57 Å². The smallest absolute Gasteiger partial charge is 0.331 e. The SMILES string of the molecule is Cc1ccc(/C=C(/C(=O)O)C(C)C)cc1C. The second-order valence-corrected chi connectivity index (χ2v) is 4.40. The van der Waals surface area contributed by atoms with Gasteiger partial charge in [0, 0.05) is 5.57 Å². The van der Waals surface area contributed by atoms with E-state index in [-0.39, 0.29) is 5.92 Å². The molecule has 0 unspecified atom stereocenters. The molecular formula is C14H18O2. The van der Waals surface area contributed by atoms with Crippen LogP contribution in [0.3, 0.4) is 0 Å². The number of hydrogen-bond acceptors (Lipinski definition) is 1. The summed E-state index contributed by atoms with van der Waals surface area (Å²) in [4.78, 5) is 11.0. The molecule has 16 heavy (non-hydrogen) atoms. The van der Waals surface area contributed by atoms with Crippen LogP contribution < -0.4 is 0 Å². The second-order valence-electron chi connectivity index (χ2n) is 4.40. The Kier molecular flexibility index (Phi) is 3.88. The van der Waals surface area contributed by atoms with Gasteiger partial charge in [-0.25, -0.2) is 4.79 Å². The maximum Gasteiger partial charge on any atom is 0.331 e. The Morgan fingerprint density at radius 3 is 2.31 bits per heavy atom. The van der Waals surface area contributed by atoms with Gasteiger partial charge in [-0.05, 0) is 42.5 Å². The number of carboxylic acids is 1. The molecule has 0 amide bonds. The van der Waals surface area contributed by atoms with Gasteiger partial charge in [-0.3, -0.25) is 0 Å². The summed E-state index contributed by atoms with van der Waals surface area (Å²) in [7, 11) is 0. The van der Waals surface area contributed by atoms with E-state index >= 15 is 0 Å². The molecule has 2 nitrogen and oxygen atoms in total. The number of hydrogen-bond donors (Lipinski definition) is 1. The van der Waals surface area contributed by atoms with Gasteiger partial charge >= 0.3 is 5.97 Å². The number of carbonyl (C=O) groups is 1. The molecule has 1 aromatic rings. The minimum atomic E-state index is -0.840. The van der Waals surface area contributed by atoms with Crippen LogP contribution in [0.2, 0.25) is 0 Å². The first-order valence-corrected chi connectivity index (χ1v) is 5.44. The molecule has 0 bridgehead atoms. The van der Waals surface area contributed by atoms with E-state index in [0.717, 1.165) is 5.56 Å². The highest BCUT2D eigenvalue weighted by Crippen LogP contribution is 2.17. The van der Waals surface area contributed by atoms with Crippen LogP contribution in [-0.2, 0) is 4.79 Å². The summed E-state index contributed by atoms with van der Waals surface area (Å²) >= 11 is 0. The molecular weight excluding hydrogens is 200 g/mol. The highest BCUT2D eigenvalue weighted by Gasteiger charge is 2.11. The molecule has 0 saturated carbocycles. The van der Waals surface area contributed by atoms with E-state index in [9.17, 15) is 4.79 Å². The van der Waals surface area contributed by atoms with Crippen LogP contribution in [0.4, 0.5) is 0 Å². The summed E-state index contributed by atoms with van der Waals surface area (Å²) in [6.07, 6.45) is 1.75. The lowest BCUT2D eigenvalue weighted by atomic mass is 9.99. The summed E-state index contributed by atoms with van der Waals surface area (Å²) in [5.41, 5.74) is 3.80. The van der Waals surface area contributed by atoms with Crippen molar-refractivity contribution in [1.82, 2.24) is 0 Å². The van der Waals surface area contributed by atoms with Crippen LogP contribution in [0.1, 0.15) is 30.5 Å². The number of carboxylic acid groups (broad SMARTS) is 1. The summed E-state index contributed by atoms with van der Waals surface area (Å²) in [5.74, 6) is -0.813. The van der Waals surface area contributed by atoms with Crippen LogP contribution in [0.5, 0.6) is 0 Å². The van der Waals surface area contributed by atoms with Crippen molar-refractivity contribution in [3.05, 3.63) is 40.5 Å². The lowest BCUT2D eigenvalue weighted by Gasteiger charge is -2.07. The van der Waals surface area contributed by atoms with Crippen molar-refractivity contribution in [1.29, 1.82) is 0 Å². The van der Waals surface area contributed by atoms with Crippen molar-refractivity contribution in [3.63, 3.8) is 0 Å². The third kappa shape index (κ3) is 2.96. The number of benzene rings is 1. The highest BCUT2D eigenvalue weighted by atomic mass is 16.4. The van der Waals surface area contributed by atoms with Crippen molar-refractivity contribution in [2.75, 3.05) is 0 Å². The number of rotatable bonds is 3. The van der Waals surface area contributed by atoms with Crippen LogP contribution in [0, 0.1) is 19.8 Å². The van der Waals surface area contributed by atoms with Crippen LogP contribution in [0.15, 0.2) is 23.8 Å². The van der Waals surface area contributed by atoms with E-state index in [4.69, 9.17) is 5.11 Å². The van der Waals surface area contributed by atoms with Gasteiger partial charge in [0.1, 0.15) is 0 Å². The van der Waals surface area contributed by atoms with Gasteiger partial charge in [-0.15, -0.1) is 0 Å². The predicted molar refractivity (Wildman–Crippen MR) is 66.4 cm³/mol. The van der Waals surface area contributed by atoms with Crippen LogP contribution in [-0.4, -0.2) is 11.1 Å². The minimum Gasteiger partial charge on any atom is -0.478 e. The van der Waals surface area contributed by atoms with Gasteiger partial charge < -0.3 is 5.11 Å². The van der Waals surface area contributed by atoms with E-state index in [1.165, 1.54) is 11.1 Å². The monoisotopic (exact) mass is 218 g/mol. The molecule has 2 heteroatoms. The molecule has 0 radical (unpaired) electrons. The van der Waals surface area contributed by atoms with Crippen molar-refractivity contribution in [3.8, 4) is 0 Å². The van der Waals surface area contributed by atoms with Gasteiger partial charge in [0.05, 0.1) is 0 Å². The fourth-order valence-electron chi connectivity index (χ4n) is 1.51. The normalized spacial score (nSPS) is 11.9. The Balaban J connectivity index is 3.13. The van der Waals surface area contributed by atoms with Crippen molar-refractivity contribution in [2.24, 2.45) is 5.92 Å². The molecule has 0 heterocycles. The van der Waals surface area contributed by atoms with E-state index in [1.807, 2.05) is 45.9 Å². The molecule has 86 valence electrons. The number of aryl methyl sites for hydroxylation is 2. The molecule has 1 aromatic carbocycles. The van der Waals surface area contributed by atoms with Crippen molar-refractivity contribution >= 4 is 12.0 Å². The first kappa shape index (κ1) is 12.5. The Morgan fingerprint density at radius 1 is 1.25 bits per heavy atom. The quantitative estimate of drug-likeness (QED) is 0.789. The van der Waals surface area contributed by atoms with Gasteiger partial charge in [0.25, 0.3) is 0 Å². The molecule has 0 atom stereocenters. The molecule has 0 aliphatic rings. The summed E-state index contributed by atoms with van der Waals surface area (Å²) < 4.78 is 0. The Bertz CT molecular complexity index is 428. The standard InChI is InChI=1S/C14H18O2/c1-9(2)13(14(15)16)8-12-6-5-10(3)11(4)7-12/h5-9H,1-4H3,(H,15,16)/b13-8+. The van der Waals surface area contributed by atoms with Gasteiger partial charge in [0.2, 0.25) is 0 Å². The first-order valence-electron chi connectivity index (χ1n) is 5.44. The third-order valence-corrected chi connectivity index (χ3v) is 2.72. The molecule has 0 aliphatic carbocycles. The average Bonchev–Trinajstić information content (AvgIpc) is 2.18. The largest absolute Gasteiger partial charge is 0.478 e. The van der Waals surface area contributed by atoms with E-state index in [2.05, 4.69) is 0 Å². The van der Waals surface area contributed by atoms with Gasteiger partial charge in [-0.2, -0.15) is 0 Å². The van der Waals surface area contributed by atoms with Gasteiger partial charge in [0.15, 0.2) is 0 Å². The predicted octanol–water partition coefficient (Wildman–Crippen LogP) is 3.43. The third-order valence-electron chi connectivity index (χ3n) is 2.72. The summed E-state index contributed by atoms with van der Waals surface area (Å²) in [5, 5.41) is 9.06. The molecule has 0 spiro atoms.